The number of aryl methyl sites for hydroxylation is 2. The summed E-state index contributed by atoms with van der Waals surface area (Å²) in [4.78, 5) is 18.3. The van der Waals surface area contributed by atoms with Crippen LogP contribution >= 0.6 is 0 Å². The van der Waals surface area contributed by atoms with Gasteiger partial charge in [0, 0.05) is 11.4 Å². The summed E-state index contributed by atoms with van der Waals surface area (Å²) in [6, 6.07) is 23.9. The molecule has 1 aromatic heterocycles. The molecule has 5 heteroatoms. The van der Waals surface area contributed by atoms with E-state index in [1.807, 2.05) is 62.4 Å². The number of hydrogen-bond acceptors (Lipinski definition) is 3. The van der Waals surface area contributed by atoms with Crippen LogP contribution in [-0.4, -0.2) is 15.5 Å². The summed E-state index contributed by atoms with van der Waals surface area (Å²) >= 11 is 0. The molecular formula is C26H24N4O. The van der Waals surface area contributed by atoms with Crippen LogP contribution < -0.4 is 10.6 Å². The molecule has 0 bridgehead atoms. The molecule has 1 aliphatic heterocycles. The molecular weight excluding hydrogens is 384 g/mol. The Hall–Kier alpha value is -3.86. The number of benzene rings is 3. The molecule has 4 aromatic rings. The highest BCUT2D eigenvalue weighted by Crippen LogP contribution is 2.39. The Labute approximate surface area is 181 Å². The van der Waals surface area contributed by atoms with Gasteiger partial charge in [-0.2, -0.15) is 0 Å². The first-order valence-electron chi connectivity index (χ1n) is 10.4. The minimum absolute atomic E-state index is 0.122. The van der Waals surface area contributed by atoms with Gasteiger partial charge in [0.05, 0.1) is 22.6 Å². The van der Waals surface area contributed by atoms with Crippen molar-refractivity contribution in [1.82, 2.24) is 9.55 Å². The highest BCUT2D eigenvalue weighted by molar-refractivity contribution is 6.06. The largest absolute Gasteiger partial charge is 0.329 e. The van der Waals surface area contributed by atoms with Crippen molar-refractivity contribution in [2.45, 2.75) is 26.8 Å². The molecule has 2 heterocycles. The summed E-state index contributed by atoms with van der Waals surface area (Å²) in [5.74, 6) is 0.624. The topological polar surface area (TPSA) is 59.0 Å². The summed E-state index contributed by atoms with van der Waals surface area (Å²) in [7, 11) is 0. The van der Waals surface area contributed by atoms with Crippen LogP contribution in [0.1, 0.15) is 29.7 Å². The predicted molar refractivity (Wildman–Crippen MR) is 125 cm³/mol. The summed E-state index contributed by atoms with van der Waals surface area (Å²) in [5, 5.41) is 6.44. The second kappa shape index (κ2) is 7.43. The zero-order valence-corrected chi connectivity index (χ0v) is 17.8. The highest BCUT2D eigenvalue weighted by Gasteiger charge is 2.34. The van der Waals surface area contributed by atoms with Gasteiger partial charge in [0.25, 0.3) is 5.91 Å². The SMILES string of the molecule is CC1=C(C(=O)Nc2ccc(C)cc2)[C@@H](c2ccc(C)cc2)n2c(nc3ccccc32)N1. The number of allylic oxidation sites excluding steroid dienone is 1. The Morgan fingerprint density at radius 1 is 0.903 bits per heavy atom. The van der Waals surface area contributed by atoms with E-state index in [4.69, 9.17) is 4.98 Å². The van der Waals surface area contributed by atoms with Crippen LogP contribution in [0.15, 0.2) is 84.1 Å². The Balaban J connectivity index is 1.65. The van der Waals surface area contributed by atoms with Crippen molar-refractivity contribution < 1.29 is 4.79 Å². The number of amides is 1. The molecule has 1 atom stereocenters. The summed E-state index contributed by atoms with van der Waals surface area (Å²) in [6.07, 6.45) is 0. The van der Waals surface area contributed by atoms with Crippen LogP contribution in [0.4, 0.5) is 11.6 Å². The average Bonchev–Trinajstić information content (AvgIpc) is 3.13. The van der Waals surface area contributed by atoms with Gasteiger partial charge < -0.3 is 10.6 Å². The van der Waals surface area contributed by atoms with Gasteiger partial charge in [0.15, 0.2) is 0 Å². The van der Waals surface area contributed by atoms with Crippen molar-refractivity contribution in [2.75, 3.05) is 10.6 Å². The van der Waals surface area contributed by atoms with E-state index in [1.54, 1.807) is 0 Å². The van der Waals surface area contributed by atoms with Crippen molar-refractivity contribution in [2.24, 2.45) is 0 Å². The zero-order chi connectivity index (χ0) is 21.5. The lowest BCUT2D eigenvalue weighted by Crippen LogP contribution is -2.30. The Kier molecular flexibility index (Phi) is 4.59. The van der Waals surface area contributed by atoms with E-state index in [9.17, 15) is 4.79 Å². The number of carbonyl (C=O) groups excluding carboxylic acids is 1. The van der Waals surface area contributed by atoms with Crippen LogP contribution in [0, 0.1) is 13.8 Å². The van der Waals surface area contributed by atoms with Crippen molar-refractivity contribution in [3.05, 3.63) is 101 Å². The fourth-order valence-corrected chi connectivity index (χ4v) is 4.16. The summed E-state index contributed by atoms with van der Waals surface area (Å²) < 4.78 is 2.12. The maximum absolute atomic E-state index is 13.5. The molecule has 154 valence electrons. The molecule has 0 saturated carbocycles. The first kappa shape index (κ1) is 19.1. The van der Waals surface area contributed by atoms with Crippen LogP contribution in [0.5, 0.6) is 0 Å². The molecule has 1 aliphatic rings. The zero-order valence-electron chi connectivity index (χ0n) is 17.8. The number of anilines is 2. The molecule has 0 aliphatic carbocycles. The van der Waals surface area contributed by atoms with E-state index >= 15 is 0 Å². The maximum atomic E-state index is 13.5. The highest BCUT2D eigenvalue weighted by atomic mass is 16.1. The van der Waals surface area contributed by atoms with E-state index in [-0.39, 0.29) is 11.9 Å². The van der Waals surface area contributed by atoms with Crippen molar-refractivity contribution in [3.63, 3.8) is 0 Å². The number of imidazole rings is 1. The van der Waals surface area contributed by atoms with Gasteiger partial charge in [-0.15, -0.1) is 0 Å². The third kappa shape index (κ3) is 3.38. The Bertz CT molecular complexity index is 1310. The molecule has 0 fully saturated rings. The normalized spacial score (nSPS) is 15.5. The van der Waals surface area contributed by atoms with Gasteiger partial charge in [-0.3, -0.25) is 9.36 Å². The summed E-state index contributed by atoms with van der Waals surface area (Å²) in [5.41, 5.74) is 7.53. The Morgan fingerprint density at radius 2 is 1.55 bits per heavy atom. The predicted octanol–water partition coefficient (Wildman–Crippen LogP) is 5.58. The molecule has 2 N–H and O–H groups in total. The average molecular weight is 409 g/mol. The lowest BCUT2D eigenvalue weighted by atomic mass is 9.93. The third-order valence-corrected chi connectivity index (χ3v) is 5.78. The van der Waals surface area contributed by atoms with Gasteiger partial charge in [0.1, 0.15) is 0 Å². The standard InChI is InChI=1S/C26H24N4O/c1-16-8-12-19(13-9-16)24-23(25(31)28-20-14-10-17(2)11-15-20)18(3)27-26-29-21-6-4-5-7-22(21)30(24)26/h4-15,24H,1-3H3,(H,27,29)(H,28,31)/t24-/m1/s1. The number of nitrogens with zero attached hydrogens (tertiary/aromatic N) is 2. The molecule has 0 radical (unpaired) electrons. The quantitative estimate of drug-likeness (QED) is 0.465. The maximum Gasteiger partial charge on any atom is 0.255 e. The minimum atomic E-state index is -0.283. The van der Waals surface area contributed by atoms with Crippen molar-refractivity contribution in [1.29, 1.82) is 0 Å². The summed E-state index contributed by atoms with van der Waals surface area (Å²) in [6.45, 7) is 6.03. The van der Waals surface area contributed by atoms with E-state index in [2.05, 4.69) is 46.4 Å². The van der Waals surface area contributed by atoms with Crippen LogP contribution in [0.2, 0.25) is 0 Å². The molecule has 0 unspecified atom stereocenters. The van der Waals surface area contributed by atoms with Gasteiger partial charge in [-0.1, -0.05) is 59.7 Å². The number of rotatable bonds is 3. The number of para-hydroxylation sites is 2. The van der Waals surface area contributed by atoms with Gasteiger partial charge in [-0.05, 0) is 50.6 Å². The number of aromatic nitrogens is 2. The molecule has 31 heavy (non-hydrogen) atoms. The first-order valence-corrected chi connectivity index (χ1v) is 10.4. The molecule has 5 nitrogen and oxygen atoms in total. The van der Waals surface area contributed by atoms with Gasteiger partial charge >= 0.3 is 0 Å². The van der Waals surface area contributed by atoms with E-state index in [0.29, 0.717) is 5.57 Å². The van der Waals surface area contributed by atoms with E-state index in [0.717, 1.165) is 39.5 Å². The number of hydrogen-bond donors (Lipinski definition) is 2. The van der Waals surface area contributed by atoms with Crippen LogP contribution in [0.25, 0.3) is 11.0 Å². The monoisotopic (exact) mass is 408 g/mol. The van der Waals surface area contributed by atoms with E-state index < -0.39 is 0 Å². The smallest absolute Gasteiger partial charge is 0.255 e. The molecule has 0 spiro atoms. The van der Waals surface area contributed by atoms with Crippen molar-refractivity contribution in [3.8, 4) is 0 Å². The number of fused-ring (bicyclic) bond motifs is 3. The lowest BCUT2D eigenvalue weighted by Gasteiger charge is -2.30. The first-order chi connectivity index (χ1) is 15.0. The number of carbonyl (C=O) groups is 1. The van der Waals surface area contributed by atoms with Crippen molar-refractivity contribution >= 4 is 28.6 Å². The van der Waals surface area contributed by atoms with Crippen LogP contribution in [-0.2, 0) is 4.79 Å². The van der Waals surface area contributed by atoms with E-state index in [1.165, 1.54) is 5.56 Å². The lowest BCUT2D eigenvalue weighted by molar-refractivity contribution is -0.113. The molecule has 5 rings (SSSR count). The third-order valence-electron chi connectivity index (χ3n) is 5.78. The van der Waals surface area contributed by atoms with Crippen LogP contribution in [0.3, 0.4) is 0 Å². The second-order valence-corrected chi connectivity index (χ2v) is 8.09. The molecule has 0 saturated heterocycles. The van der Waals surface area contributed by atoms with Gasteiger partial charge in [0.2, 0.25) is 5.95 Å². The Morgan fingerprint density at radius 3 is 2.26 bits per heavy atom. The van der Waals surface area contributed by atoms with Gasteiger partial charge in [-0.25, -0.2) is 4.98 Å². The minimum Gasteiger partial charge on any atom is -0.329 e. The number of nitrogens with one attached hydrogen (secondary N) is 2. The fourth-order valence-electron chi connectivity index (χ4n) is 4.16. The fraction of sp³-hybridized carbons (Fsp3) is 0.154. The second-order valence-electron chi connectivity index (χ2n) is 8.09. The molecule has 3 aromatic carbocycles. The molecule has 1 amide bonds.